The number of carbonyl (C=O) groups excluding carboxylic acids is 3. The predicted molar refractivity (Wildman–Crippen MR) is 184 cm³/mol. The van der Waals surface area contributed by atoms with Gasteiger partial charge < -0.3 is 19.3 Å². The van der Waals surface area contributed by atoms with Crippen LogP contribution >= 0.6 is 7.82 Å². The molecule has 0 saturated carbocycles. The first-order valence-corrected chi connectivity index (χ1v) is 19.5. The van der Waals surface area contributed by atoms with Gasteiger partial charge in [-0.1, -0.05) is 129 Å². The molecular formula is C36H65O9P. The number of allylic oxidation sites excluding steroid dienone is 4. The summed E-state index contributed by atoms with van der Waals surface area (Å²) in [6.07, 6.45) is 27.4. The van der Waals surface area contributed by atoms with E-state index < -0.39 is 32.5 Å². The number of ether oxygens (including phenoxy) is 2. The van der Waals surface area contributed by atoms with Gasteiger partial charge in [0, 0.05) is 19.3 Å². The lowest BCUT2D eigenvalue weighted by atomic mass is 9.99. The molecule has 0 fully saturated rings. The number of esters is 2. The topological polar surface area (TPSA) is 136 Å². The van der Waals surface area contributed by atoms with E-state index >= 15 is 0 Å². The smallest absolute Gasteiger partial charge is 0.462 e. The standard InChI is InChI=1S/C36H65O9P/c1-4-6-20-26-33(37)27-22-17-13-8-7-9-15-19-24-29-36(39)45-34(31-44-46(40,41)42)30-43-35(38)28-23-18-14-11-10-12-16-21-25-32(3)5-2/h13,17,22,27,32,34H,4-12,14-16,18-21,23-26,28-31H2,1-3H3,(H2,40,41,42)/b17-13-,27-22+/t32?,34-/m1/s1. The van der Waals surface area contributed by atoms with E-state index in [1.54, 1.807) is 12.2 Å². The molecule has 2 N–H and O–H groups in total. The van der Waals surface area contributed by atoms with E-state index in [1.807, 2.05) is 6.08 Å². The van der Waals surface area contributed by atoms with Crippen molar-refractivity contribution in [3.05, 3.63) is 24.3 Å². The highest BCUT2D eigenvalue weighted by Crippen LogP contribution is 2.36. The fourth-order valence-electron chi connectivity index (χ4n) is 4.86. The second-order valence-corrected chi connectivity index (χ2v) is 13.7. The maximum Gasteiger partial charge on any atom is 0.469 e. The molecule has 0 amide bonds. The van der Waals surface area contributed by atoms with Crippen LogP contribution in [0.3, 0.4) is 0 Å². The first-order chi connectivity index (χ1) is 22.1. The third kappa shape index (κ3) is 32.2. The number of rotatable bonds is 32. The van der Waals surface area contributed by atoms with Gasteiger partial charge in [0.15, 0.2) is 11.9 Å². The molecule has 0 saturated heterocycles. The number of hydrogen-bond donors (Lipinski definition) is 2. The van der Waals surface area contributed by atoms with Crippen LogP contribution in [-0.4, -0.2) is 46.8 Å². The van der Waals surface area contributed by atoms with Gasteiger partial charge in [0.25, 0.3) is 0 Å². The van der Waals surface area contributed by atoms with E-state index in [-0.39, 0.29) is 25.2 Å². The predicted octanol–water partition coefficient (Wildman–Crippen LogP) is 9.49. The molecule has 0 spiro atoms. The second kappa shape index (κ2) is 30.5. The molecular weight excluding hydrogens is 607 g/mol. The first-order valence-electron chi connectivity index (χ1n) is 18.0. The molecule has 0 aliphatic carbocycles. The van der Waals surface area contributed by atoms with Crippen LogP contribution in [0, 0.1) is 5.92 Å². The summed E-state index contributed by atoms with van der Waals surface area (Å²) in [5.74, 6) is 0.0420. The van der Waals surface area contributed by atoms with Crippen LogP contribution in [0.2, 0.25) is 0 Å². The summed E-state index contributed by atoms with van der Waals surface area (Å²) in [6.45, 7) is 5.80. The summed E-state index contributed by atoms with van der Waals surface area (Å²) >= 11 is 0. The fraction of sp³-hybridized carbons (Fsp3) is 0.806. The average molecular weight is 673 g/mol. The van der Waals surface area contributed by atoms with Gasteiger partial charge in [-0.2, -0.15) is 0 Å². The molecule has 0 radical (unpaired) electrons. The van der Waals surface area contributed by atoms with Gasteiger partial charge in [-0.25, -0.2) is 4.57 Å². The first kappa shape index (κ1) is 44.2. The maximum atomic E-state index is 12.3. The minimum absolute atomic E-state index is 0.162. The highest BCUT2D eigenvalue weighted by Gasteiger charge is 2.22. The summed E-state index contributed by atoms with van der Waals surface area (Å²) in [7, 11) is -4.77. The van der Waals surface area contributed by atoms with Crippen LogP contribution in [0.1, 0.15) is 162 Å². The molecule has 0 rings (SSSR count). The van der Waals surface area contributed by atoms with Crippen LogP contribution in [-0.2, 0) is 32.9 Å². The Morgan fingerprint density at radius 2 is 1.26 bits per heavy atom. The van der Waals surface area contributed by atoms with Crippen molar-refractivity contribution in [3.8, 4) is 0 Å². The summed E-state index contributed by atoms with van der Waals surface area (Å²) in [5.41, 5.74) is 0. The van der Waals surface area contributed by atoms with Crippen molar-refractivity contribution in [2.75, 3.05) is 13.2 Å². The van der Waals surface area contributed by atoms with Crippen molar-refractivity contribution in [3.63, 3.8) is 0 Å². The van der Waals surface area contributed by atoms with E-state index in [1.165, 1.54) is 38.5 Å². The molecule has 0 heterocycles. The van der Waals surface area contributed by atoms with Gasteiger partial charge in [0.2, 0.25) is 0 Å². The molecule has 268 valence electrons. The van der Waals surface area contributed by atoms with Gasteiger partial charge in [-0.05, 0) is 44.1 Å². The largest absolute Gasteiger partial charge is 0.469 e. The van der Waals surface area contributed by atoms with Gasteiger partial charge in [0.1, 0.15) is 6.61 Å². The molecule has 0 aromatic rings. The number of carbonyl (C=O) groups is 3. The molecule has 0 aliphatic rings. The van der Waals surface area contributed by atoms with Crippen molar-refractivity contribution in [2.24, 2.45) is 5.92 Å². The Hall–Kier alpha value is -1.80. The van der Waals surface area contributed by atoms with Crippen LogP contribution in [0.15, 0.2) is 24.3 Å². The third-order valence-corrected chi connectivity index (χ3v) is 8.47. The highest BCUT2D eigenvalue weighted by atomic mass is 31.2. The quantitative estimate of drug-likeness (QED) is 0.0235. The Labute approximate surface area is 279 Å². The van der Waals surface area contributed by atoms with Crippen molar-refractivity contribution in [1.82, 2.24) is 0 Å². The number of unbranched alkanes of at least 4 members (excludes halogenated alkanes) is 14. The molecule has 1 unspecified atom stereocenters. The van der Waals surface area contributed by atoms with Gasteiger partial charge in [0.05, 0.1) is 6.61 Å². The summed E-state index contributed by atoms with van der Waals surface area (Å²) < 4.78 is 26.2. The molecule has 0 bridgehead atoms. The zero-order chi connectivity index (χ0) is 34.3. The van der Waals surface area contributed by atoms with E-state index in [4.69, 9.17) is 19.3 Å². The van der Waals surface area contributed by atoms with Crippen LogP contribution in [0.5, 0.6) is 0 Å². The molecule has 0 aromatic heterocycles. The molecule has 9 nitrogen and oxygen atoms in total. The minimum atomic E-state index is -4.77. The summed E-state index contributed by atoms with van der Waals surface area (Å²) in [5, 5.41) is 0. The van der Waals surface area contributed by atoms with E-state index in [0.29, 0.717) is 19.3 Å². The lowest BCUT2D eigenvalue weighted by Gasteiger charge is -2.18. The van der Waals surface area contributed by atoms with Crippen LogP contribution < -0.4 is 0 Å². The zero-order valence-corrected chi connectivity index (χ0v) is 30.0. The van der Waals surface area contributed by atoms with Crippen LogP contribution in [0.25, 0.3) is 0 Å². The van der Waals surface area contributed by atoms with Crippen molar-refractivity contribution in [2.45, 2.75) is 168 Å². The second-order valence-electron chi connectivity index (χ2n) is 12.5. The number of phosphoric ester groups is 1. The molecule has 10 heteroatoms. The lowest BCUT2D eigenvalue weighted by molar-refractivity contribution is -0.161. The number of hydrogen-bond acceptors (Lipinski definition) is 7. The summed E-state index contributed by atoms with van der Waals surface area (Å²) in [4.78, 5) is 54.3. The Kier molecular flexibility index (Phi) is 29.3. The Morgan fingerprint density at radius 1 is 0.696 bits per heavy atom. The van der Waals surface area contributed by atoms with E-state index in [2.05, 4.69) is 31.4 Å². The van der Waals surface area contributed by atoms with E-state index in [9.17, 15) is 18.9 Å². The fourth-order valence-corrected chi connectivity index (χ4v) is 5.22. The van der Waals surface area contributed by atoms with Gasteiger partial charge in [-0.3, -0.25) is 18.9 Å². The average Bonchev–Trinajstić information content (AvgIpc) is 3.01. The zero-order valence-electron chi connectivity index (χ0n) is 29.1. The van der Waals surface area contributed by atoms with Gasteiger partial charge in [-0.15, -0.1) is 0 Å². The normalized spacial score (nSPS) is 13.3. The van der Waals surface area contributed by atoms with Gasteiger partial charge >= 0.3 is 19.8 Å². The highest BCUT2D eigenvalue weighted by molar-refractivity contribution is 7.46. The Balaban J connectivity index is 4.08. The SMILES string of the molecule is CCCCCC(=O)/C=C/C=C\CCCCCCCC(=O)O[C@H](COC(=O)CCCCCCCCCCC(C)CC)COP(=O)(O)O. The third-order valence-electron chi connectivity index (χ3n) is 7.99. The Bertz CT molecular complexity index is 881. The van der Waals surface area contributed by atoms with E-state index in [0.717, 1.165) is 76.5 Å². The maximum absolute atomic E-state index is 12.3. The van der Waals surface area contributed by atoms with Crippen molar-refractivity contribution in [1.29, 1.82) is 0 Å². The molecule has 0 aromatic carbocycles. The van der Waals surface area contributed by atoms with Crippen molar-refractivity contribution < 1.29 is 42.7 Å². The summed E-state index contributed by atoms with van der Waals surface area (Å²) in [6, 6.07) is 0. The monoisotopic (exact) mass is 672 g/mol. The molecule has 0 aliphatic heterocycles. The molecule has 46 heavy (non-hydrogen) atoms. The minimum Gasteiger partial charge on any atom is -0.462 e. The van der Waals surface area contributed by atoms with Crippen LogP contribution in [0.4, 0.5) is 0 Å². The Morgan fingerprint density at radius 3 is 1.87 bits per heavy atom. The number of phosphoric acid groups is 1. The number of ketones is 1. The lowest BCUT2D eigenvalue weighted by Crippen LogP contribution is -2.29. The van der Waals surface area contributed by atoms with Crippen molar-refractivity contribution >= 4 is 25.5 Å². The molecule has 2 atom stereocenters.